The quantitative estimate of drug-likeness (QED) is 0.601. The van der Waals surface area contributed by atoms with Gasteiger partial charge in [-0.25, -0.2) is 8.42 Å². The van der Waals surface area contributed by atoms with E-state index >= 15 is 0 Å². The first-order valence-corrected chi connectivity index (χ1v) is 12.3. The molecule has 0 fully saturated rings. The molecule has 7 heteroatoms. The minimum Gasteiger partial charge on any atom is -0.496 e. The molecule has 1 atom stereocenters. The van der Waals surface area contributed by atoms with Gasteiger partial charge in [0.05, 0.1) is 24.6 Å². The van der Waals surface area contributed by atoms with E-state index in [9.17, 15) is 13.2 Å². The van der Waals surface area contributed by atoms with Gasteiger partial charge in [-0.2, -0.15) is 0 Å². The van der Waals surface area contributed by atoms with Crippen molar-refractivity contribution in [3.63, 3.8) is 0 Å². The van der Waals surface area contributed by atoms with Crippen LogP contribution in [-0.4, -0.2) is 33.7 Å². The number of amides is 1. The van der Waals surface area contributed by atoms with Crippen LogP contribution in [0, 0.1) is 6.92 Å². The number of rotatable bonds is 9. The number of hydrogen-bond acceptors (Lipinski definition) is 4. The maximum atomic E-state index is 12.8. The number of carbonyl (C=O) groups is 1. The smallest absolute Gasteiger partial charge is 0.251 e. The Morgan fingerprint density at radius 3 is 2.16 bits per heavy atom. The van der Waals surface area contributed by atoms with Crippen LogP contribution in [0.25, 0.3) is 0 Å². The van der Waals surface area contributed by atoms with Gasteiger partial charge in [0.2, 0.25) is 10.0 Å². The van der Waals surface area contributed by atoms with Crippen LogP contribution in [-0.2, 0) is 10.0 Å². The summed E-state index contributed by atoms with van der Waals surface area (Å²) in [5.41, 5.74) is 4.23. The SMILES string of the molecule is CCN(c1ccc(C(=O)N[C@H](C)c2cc(C(C)C)c(OC)cc2C)cc1)S(=O)(=O)CC. The van der Waals surface area contributed by atoms with Gasteiger partial charge >= 0.3 is 0 Å². The fourth-order valence-electron chi connectivity index (χ4n) is 3.64. The van der Waals surface area contributed by atoms with Crippen LogP contribution < -0.4 is 14.4 Å². The van der Waals surface area contributed by atoms with Crippen molar-refractivity contribution in [2.75, 3.05) is 23.7 Å². The number of hydrogen-bond donors (Lipinski definition) is 1. The van der Waals surface area contributed by atoms with Gasteiger partial charge in [0, 0.05) is 12.1 Å². The molecule has 170 valence electrons. The second-order valence-corrected chi connectivity index (χ2v) is 10.1. The number of sulfonamides is 1. The van der Waals surface area contributed by atoms with Crippen molar-refractivity contribution in [2.45, 2.75) is 53.5 Å². The van der Waals surface area contributed by atoms with Crippen LogP contribution in [0.15, 0.2) is 36.4 Å². The van der Waals surface area contributed by atoms with Gasteiger partial charge in [0.1, 0.15) is 5.75 Å². The molecule has 0 spiro atoms. The summed E-state index contributed by atoms with van der Waals surface area (Å²) in [4.78, 5) is 12.8. The van der Waals surface area contributed by atoms with Gasteiger partial charge in [-0.1, -0.05) is 13.8 Å². The van der Waals surface area contributed by atoms with Gasteiger partial charge < -0.3 is 10.1 Å². The summed E-state index contributed by atoms with van der Waals surface area (Å²) in [7, 11) is -1.68. The van der Waals surface area contributed by atoms with E-state index in [2.05, 4.69) is 25.2 Å². The summed E-state index contributed by atoms with van der Waals surface area (Å²) in [6.45, 7) is 11.9. The summed E-state index contributed by atoms with van der Waals surface area (Å²) in [5.74, 6) is 0.973. The third-order valence-corrected chi connectivity index (χ3v) is 7.33. The van der Waals surface area contributed by atoms with Crippen LogP contribution in [0.3, 0.4) is 0 Å². The van der Waals surface area contributed by atoms with Crippen molar-refractivity contribution >= 4 is 21.6 Å². The van der Waals surface area contributed by atoms with Crippen molar-refractivity contribution in [1.29, 1.82) is 0 Å². The number of nitrogens with one attached hydrogen (secondary N) is 1. The maximum Gasteiger partial charge on any atom is 0.251 e. The summed E-state index contributed by atoms with van der Waals surface area (Å²) >= 11 is 0. The lowest BCUT2D eigenvalue weighted by molar-refractivity contribution is 0.0940. The normalized spacial score (nSPS) is 12.5. The molecular formula is C24H34N2O4S. The highest BCUT2D eigenvalue weighted by molar-refractivity contribution is 7.92. The summed E-state index contributed by atoms with van der Waals surface area (Å²) in [5, 5.41) is 3.05. The number of benzene rings is 2. The van der Waals surface area contributed by atoms with E-state index in [1.165, 1.54) is 4.31 Å². The number of ether oxygens (including phenoxy) is 1. The Hall–Kier alpha value is -2.54. The zero-order chi connectivity index (χ0) is 23.3. The van der Waals surface area contributed by atoms with Crippen molar-refractivity contribution in [2.24, 2.45) is 0 Å². The molecule has 0 saturated heterocycles. The summed E-state index contributed by atoms with van der Waals surface area (Å²) < 4.78 is 31.3. The summed E-state index contributed by atoms with van der Waals surface area (Å²) in [6, 6.07) is 10.6. The average Bonchev–Trinajstić information content (AvgIpc) is 2.73. The molecule has 0 bridgehead atoms. The Kier molecular flexibility index (Phi) is 8.12. The van der Waals surface area contributed by atoms with Crippen molar-refractivity contribution in [3.05, 3.63) is 58.7 Å². The second kappa shape index (κ2) is 10.2. The predicted octanol–water partition coefficient (Wildman–Crippen LogP) is 4.79. The minimum absolute atomic E-state index is 0.0279. The lowest BCUT2D eigenvalue weighted by Crippen LogP contribution is -2.32. The van der Waals surface area contributed by atoms with Gasteiger partial charge in [-0.05, 0) is 86.7 Å². The van der Waals surface area contributed by atoms with E-state index in [1.807, 2.05) is 19.9 Å². The lowest BCUT2D eigenvalue weighted by atomic mass is 9.93. The number of carbonyl (C=O) groups excluding carboxylic acids is 1. The minimum atomic E-state index is -3.35. The van der Waals surface area contributed by atoms with E-state index < -0.39 is 10.0 Å². The molecule has 0 aliphatic heterocycles. The second-order valence-electron chi connectivity index (χ2n) is 7.91. The van der Waals surface area contributed by atoms with E-state index in [0.29, 0.717) is 23.7 Å². The largest absolute Gasteiger partial charge is 0.496 e. The van der Waals surface area contributed by atoms with E-state index in [-0.39, 0.29) is 17.7 Å². The first-order valence-electron chi connectivity index (χ1n) is 10.6. The predicted molar refractivity (Wildman–Crippen MR) is 127 cm³/mol. The van der Waals surface area contributed by atoms with Gasteiger partial charge in [0.25, 0.3) is 5.91 Å². The number of nitrogens with zero attached hydrogens (tertiary/aromatic N) is 1. The fraction of sp³-hybridized carbons (Fsp3) is 0.458. The Morgan fingerprint density at radius 2 is 1.68 bits per heavy atom. The highest BCUT2D eigenvalue weighted by Crippen LogP contribution is 2.32. The summed E-state index contributed by atoms with van der Waals surface area (Å²) in [6.07, 6.45) is 0. The zero-order valence-electron chi connectivity index (χ0n) is 19.5. The first kappa shape index (κ1) is 24.7. The van der Waals surface area contributed by atoms with E-state index in [0.717, 1.165) is 22.4 Å². The molecule has 2 rings (SSSR count). The molecule has 0 saturated carbocycles. The molecule has 0 aliphatic carbocycles. The number of aryl methyl sites for hydroxylation is 1. The van der Waals surface area contributed by atoms with Gasteiger partial charge in [-0.3, -0.25) is 9.10 Å². The fourth-order valence-corrected chi connectivity index (χ4v) is 4.79. The molecule has 0 aliphatic rings. The van der Waals surface area contributed by atoms with Crippen LogP contribution in [0.2, 0.25) is 0 Å². The van der Waals surface area contributed by atoms with Crippen LogP contribution in [0.1, 0.15) is 73.6 Å². The average molecular weight is 447 g/mol. The Morgan fingerprint density at radius 1 is 1.06 bits per heavy atom. The Bertz CT molecular complexity index is 1010. The van der Waals surface area contributed by atoms with Gasteiger partial charge in [-0.15, -0.1) is 0 Å². The van der Waals surface area contributed by atoms with Crippen molar-refractivity contribution in [3.8, 4) is 5.75 Å². The van der Waals surface area contributed by atoms with Crippen LogP contribution in [0.4, 0.5) is 5.69 Å². The Balaban J connectivity index is 2.23. The highest BCUT2D eigenvalue weighted by Gasteiger charge is 2.20. The third kappa shape index (κ3) is 5.58. The molecule has 1 amide bonds. The molecule has 31 heavy (non-hydrogen) atoms. The van der Waals surface area contributed by atoms with Crippen LogP contribution >= 0.6 is 0 Å². The van der Waals surface area contributed by atoms with Gasteiger partial charge in [0.15, 0.2) is 0 Å². The van der Waals surface area contributed by atoms with E-state index in [4.69, 9.17) is 4.74 Å². The molecule has 1 N–H and O–H groups in total. The third-order valence-electron chi connectivity index (χ3n) is 5.46. The van der Waals surface area contributed by atoms with E-state index in [1.54, 1.807) is 45.2 Å². The molecule has 2 aromatic carbocycles. The maximum absolute atomic E-state index is 12.8. The Labute approximate surface area is 186 Å². The molecule has 0 radical (unpaired) electrons. The molecule has 0 heterocycles. The highest BCUT2D eigenvalue weighted by atomic mass is 32.2. The molecule has 0 unspecified atom stereocenters. The number of anilines is 1. The standard InChI is InChI=1S/C24H34N2O4S/c1-8-26(31(28,29)9-2)20-12-10-19(11-13-20)24(27)25-18(6)22-15-21(16(3)4)23(30-7)14-17(22)5/h10-16,18H,8-9H2,1-7H3,(H,25,27)/t18-/m1/s1. The molecule has 6 nitrogen and oxygen atoms in total. The van der Waals surface area contributed by atoms with Crippen molar-refractivity contribution < 1.29 is 17.9 Å². The zero-order valence-corrected chi connectivity index (χ0v) is 20.3. The molecular weight excluding hydrogens is 412 g/mol. The number of methoxy groups -OCH3 is 1. The molecule has 2 aromatic rings. The van der Waals surface area contributed by atoms with Crippen LogP contribution in [0.5, 0.6) is 5.75 Å². The first-order chi connectivity index (χ1) is 14.5. The lowest BCUT2D eigenvalue weighted by Gasteiger charge is -2.23. The molecule has 0 aromatic heterocycles. The van der Waals surface area contributed by atoms with Crippen molar-refractivity contribution in [1.82, 2.24) is 5.32 Å². The topological polar surface area (TPSA) is 75.7 Å². The monoisotopic (exact) mass is 446 g/mol.